The number of para-hydroxylation sites is 1. The van der Waals surface area contributed by atoms with Crippen molar-refractivity contribution in [2.75, 3.05) is 0 Å². The number of carbonyl (C=O) groups is 1. The summed E-state index contributed by atoms with van der Waals surface area (Å²) in [4.78, 5) is 28.7. The van der Waals surface area contributed by atoms with Crippen molar-refractivity contribution >= 4 is 45.4 Å². The van der Waals surface area contributed by atoms with Crippen LogP contribution >= 0.6 is 11.6 Å². The second-order valence-corrected chi connectivity index (χ2v) is 6.52. The molecule has 0 saturated carbocycles. The van der Waals surface area contributed by atoms with Crippen LogP contribution in [0.1, 0.15) is 21.6 Å². The number of nitrogens with one attached hydrogen (secondary N) is 2. The number of hydrogen-bond donors (Lipinski definition) is 2. The van der Waals surface area contributed by atoms with Crippen molar-refractivity contribution < 1.29 is 4.79 Å². The Morgan fingerprint density at radius 2 is 1.96 bits per heavy atom. The number of benzene rings is 2. The van der Waals surface area contributed by atoms with E-state index in [1.165, 1.54) is 6.21 Å². The Morgan fingerprint density at radius 3 is 2.79 bits per heavy atom. The van der Waals surface area contributed by atoms with Gasteiger partial charge in [-0.25, -0.2) is 15.5 Å². The Labute approximate surface area is 164 Å². The monoisotopic (exact) mass is 391 g/mol. The summed E-state index contributed by atoms with van der Waals surface area (Å²) in [5, 5.41) is 12.1. The van der Waals surface area contributed by atoms with E-state index in [-0.39, 0.29) is 16.4 Å². The molecule has 8 heteroatoms. The zero-order chi connectivity index (χ0) is 19.7. The molecule has 0 aliphatic carbocycles. The molecule has 1 amide bonds. The summed E-state index contributed by atoms with van der Waals surface area (Å²) < 4.78 is 0. The van der Waals surface area contributed by atoms with E-state index < -0.39 is 5.91 Å². The topological polar surface area (TPSA) is 100 Å². The minimum atomic E-state index is -0.551. The predicted octanol–water partition coefficient (Wildman–Crippen LogP) is 3.20. The van der Waals surface area contributed by atoms with E-state index in [2.05, 4.69) is 25.7 Å². The maximum absolute atomic E-state index is 12.4. The number of hydrogen-bond acceptors (Lipinski definition) is 5. The van der Waals surface area contributed by atoms with Gasteiger partial charge in [0.25, 0.3) is 11.5 Å². The first-order valence-corrected chi connectivity index (χ1v) is 8.79. The highest BCUT2D eigenvalue weighted by atomic mass is 35.5. The van der Waals surface area contributed by atoms with Crippen LogP contribution in [0.4, 0.5) is 0 Å². The number of rotatable bonds is 3. The van der Waals surface area contributed by atoms with E-state index in [0.29, 0.717) is 16.3 Å². The van der Waals surface area contributed by atoms with Gasteiger partial charge >= 0.3 is 0 Å². The fourth-order valence-electron chi connectivity index (χ4n) is 2.93. The minimum absolute atomic E-state index is 0.0747. The van der Waals surface area contributed by atoms with E-state index in [0.717, 1.165) is 16.5 Å². The third kappa shape index (κ3) is 3.23. The number of fused-ring (bicyclic) bond motifs is 2. The van der Waals surface area contributed by atoms with E-state index in [4.69, 9.17) is 11.6 Å². The summed E-state index contributed by atoms with van der Waals surface area (Å²) in [5.74, 6) is -0.551. The molecule has 2 heterocycles. The fraction of sp³-hybridized carbons (Fsp3) is 0.0500. The molecule has 0 saturated heterocycles. The number of pyridine rings is 1. The first-order chi connectivity index (χ1) is 13.5. The maximum Gasteiger partial charge on any atom is 0.292 e. The zero-order valence-corrected chi connectivity index (χ0v) is 15.5. The third-order valence-electron chi connectivity index (χ3n) is 4.31. The average Bonchev–Trinajstić information content (AvgIpc) is 2.69. The number of amides is 1. The first kappa shape index (κ1) is 17.8. The summed E-state index contributed by atoms with van der Waals surface area (Å²) >= 11 is 6.24. The number of aromatic nitrogens is 3. The van der Waals surface area contributed by atoms with Crippen LogP contribution in [-0.2, 0) is 0 Å². The van der Waals surface area contributed by atoms with Crippen molar-refractivity contribution in [2.24, 2.45) is 5.10 Å². The fourth-order valence-corrected chi connectivity index (χ4v) is 3.12. The van der Waals surface area contributed by atoms with Crippen LogP contribution in [0.3, 0.4) is 0 Å². The van der Waals surface area contributed by atoms with Gasteiger partial charge in [0.05, 0.1) is 17.1 Å². The lowest BCUT2D eigenvalue weighted by Gasteiger charge is -2.05. The molecule has 2 aromatic carbocycles. The summed E-state index contributed by atoms with van der Waals surface area (Å²) in [7, 11) is 0. The van der Waals surface area contributed by atoms with Crippen molar-refractivity contribution in [3.05, 3.63) is 80.9 Å². The summed E-state index contributed by atoms with van der Waals surface area (Å²) in [6, 6.07) is 14.4. The van der Waals surface area contributed by atoms with Crippen LogP contribution in [0.2, 0.25) is 5.15 Å². The predicted molar refractivity (Wildman–Crippen MR) is 109 cm³/mol. The molecule has 7 nitrogen and oxygen atoms in total. The smallest absolute Gasteiger partial charge is 0.267 e. The molecule has 0 aliphatic rings. The van der Waals surface area contributed by atoms with Gasteiger partial charge in [-0.2, -0.15) is 10.2 Å². The molecule has 2 N–H and O–H groups in total. The lowest BCUT2D eigenvalue weighted by atomic mass is 10.1. The van der Waals surface area contributed by atoms with Gasteiger partial charge in [0.2, 0.25) is 0 Å². The number of carbonyl (C=O) groups excluding carboxylic acids is 1. The second kappa shape index (κ2) is 7.21. The molecule has 138 valence electrons. The Morgan fingerprint density at radius 1 is 1.18 bits per heavy atom. The van der Waals surface area contributed by atoms with Crippen molar-refractivity contribution in [2.45, 2.75) is 6.92 Å². The highest BCUT2D eigenvalue weighted by Gasteiger charge is 2.13. The average molecular weight is 392 g/mol. The maximum atomic E-state index is 12.4. The summed E-state index contributed by atoms with van der Waals surface area (Å²) in [5.41, 5.74) is 4.53. The van der Waals surface area contributed by atoms with Gasteiger partial charge in [-0.15, -0.1) is 0 Å². The molecular formula is C20H14ClN5O2. The Hall–Kier alpha value is -3.58. The lowest BCUT2D eigenvalue weighted by Crippen LogP contribution is -2.22. The molecule has 4 aromatic rings. The molecule has 0 atom stereocenters. The number of aryl methyl sites for hydroxylation is 1. The minimum Gasteiger partial charge on any atom is -0.267 e. The normalized spacial score (nSPS) is 11.4. The summed E-state index contributed by atoms with van der Waals surface area (Å²) in [6.07, 6.45) is 1.42. The Bertz CT molecular complexity index is 1310. The first-order valence-electron chi connectivity index (χ1n) is 8.41. The van der Waals surface area contributed by atoms with Gasteiger partial charge in [0, 0.05) is 16.3 Å². The number of hydrazone groups is 1. The van der Waals surface area contributed by atoms with Crippen LogP contribution < -0.4 is 11.0 Å². The summed E-state index contributed by atoms with van der Waals surface area (Å²) in [6.45, 7) is 1.96. The highest BCUT2D eigenvalue weighted by Crippen LogP contribution is 2.21. The van der Waals surface area contributed by atoms with Crippen molar-refractivity contribution in [3.63, 3.8) is 0 Å². The number of aromatic amines is 1. The van der Waals surface area contributed by atoms with Crippen molar-refractivity contribution in [3.8, 4) is 0 Å². The van der Waals surface area contributed by atoms with Crippen LogP contribution in [0, 0.1) is 6.92 Å². The van der Waals surface area contributed by atoms with Crippen LogP contribution in [0.15, 0.2) is 58.4 Å². The zero-order valence-electron chi connectivity index (χ0n) is 14.7. The second-order valence-electron chi connectivity index (χ2n) is 6.16. The quantitative estimate of drug-likeness (QED) is 0.318. The molecular weight excluding hydrogens is 378 g/mol. The van der Waals surface area contributed by atoms with Gasteiger partial charge < -0.3 is 0 Å². The van der Waals surface area contributed by atoms with Crippen molar-refractivity contribution in [1.82, 2.24) is 20.6 Å². The number of H-pyrrole nitrogens is 1. The Kier molecular flexibility index (Phi) is 4.58. The lowest BCUT2D eigenvalue weighted by molar-refractivity contribution is 0.0951. The molecule has 0 unspecified atom stereocenters. The SMILES string of the molecule is Cc1cccc2cc(/C=N\NC(=O)c3n[nH]c(=O)c4ccccc34)c(Cl)nc12. The van der Waals surface area contributed by atoms with Gasteiger partial charge in [0.1, 0.15) is 5.15 Å². The molecule has 0 spiro atoms. The molecule has 28 heavy (non-hydrogen) atoms. The molecule has 0 bridgehead atoms. The van der Waals surface area contributed by atoms with Crippen LogP contribution in [-0.4, -0.2) is 27.3 Å². The largest absolute Gasteiger partial charge is 0.292 e. The van der Waals surface area contributed by atoms with Gasteiger partial charge in [-0.3, -0.25) is 9.59 Å². The number of nitrogens with zero attached hydrogens (tertiary/aromatic N) is 3. The van der Waals surface area contributed by atoms with E-state index >= 15 is 0 Å². The number of halogens is 1. The van der Waals surface area contributed by atoms with E-state index in [1.54, 1.807) is 24.3 Å². The standard InChI is InChI=1S/C20H14ClN5O2/c1-11-5-4-6-12-9-13(18(21)23-16(11)12)10-22-25-20(28)17-14-7-2-3-8-15(14)19(27)26-24-17/h2-10H,1H3,(H,25,28)(H,26,27)/b22-10-. The van der Waals surface area contributed by atoms with Gasteiger partial charge in [-0.1, -0.05) is 48.0 Å². The van der Waals surface area contributed by atoms with Gasteiger partial charge in [0.15, 0.2) is 5.69 Å². The molecule has 2 aromatic heterocycles. The van der Waals surface area contributed by atoms with E-state index in [9.17, 15) is 9.59 Å². The molecule has 4 rings (SSSR count). The van der Waals surface area contributed by atoms with Crippen LogP contribution in [0.5, 0.6) is 0 Å². The van der Waals surface area contributed by atoms with Gasteiger partial charge in [-0.05, 0) is 24.6 Å². The van der Waals surface area contributed by atoms with E-state index in [1.807, 2.05) is 31.2 Å². The third-order valence-corrected chi connectivity index (χ3v) is 4.61. The molecule has 0 aliphatic heterocycles. The molecule has 0 fully saturated rings. The highest BCUT2D eigenvalue weighted by molar-refractivity contribution is 6.32. The Balaban J connectivity index is 1.62. The molecule has 0 radical (unpaired) electrons. The van der Waals surface area contributed by atoms with Crippen molar-refractivity contribution in [1.29, 1.82) is 0 Å². The van der Waals surface area contributed by atoms with Crippen LogP contribution in [0.25, 0.3) is 21.7 Å².